The zero-order valence-electron chi connectivity index (χ0n) is 10.2. The molecule has 1 saturated carbocycles. The van der Waals surface area contributed by atoms with E-state index in [4.69, 9.17) is 0 Å². The third kappa shape index (κ3) is 1.85. The number of hydrogen-bond acceptors (Lipinski definition) is 5. The van der Waals surface area contributed by atoms with E-state index in [2.05, 4.69) is 16.1 Å². The second-order valence-corrected chi connectivity index (χ2v) is 4.56. The Morgan fingerprint density at radius 3 is 2.06 bits per heavy atom. The van der Waals surface area contributed by atoms with E-state index in [0.717, 1.165) is 0 Å². The van der Waals surface area contributed by atoms with Crippen molar-refractivity contribution in [3.8, 4) is 0 Å². The lowest BCUT2D eigenvalue weighted by atomic mass is 9.81. The van der Waals surface area contributed by atoms with Gasteiger partial charge in [0.1, 0.15) is 6.29 Å². The summed E-state index contributed by atoms with van der Waals surface area (Å²) in [6.45, 7) is 5.41. The molecule has 0 aromatic rings. The maximum Gasteiger partial charge on any atom is 0.323 e. The number of ether oxygens (including phenoxy) is 2. The largest absolute Gasteiger partial charge is 0.468 e. The van der Waals surface area contributed by atoms with Crippen molar-refractivity contribution in [1.29, 1.82) is 0 Å². The Balaban J connectivity index is 3.22. The Morgan fingerprint density at radius 1 is 1.29 bits per heavy atom. The van der Waals surface area contributed by atoms with Gasteiger partial charge < -0.3 is 14.3 Å². The molecule has 1 aliphatic rings. The number of rotatable bonds is 3. The Hall–Kier alpha value is -1.65. The molecule has 1 rings (SSSR count). The van der Waals surface area contributed by atoms with Crippen LogP contribution in [0.25, 0.3) is 0 Å². The highest BCUT2D eigenvalue weighted by molar-refractivity contribution is 6.02. The van der Waals surface area contributed by atoms with Gasteiger partial charge in [-0.25, -0.2) is 0 Å². The summed E-state index contributed by atoms with van der Waals surface area (Å²) in [4.78, 5) is 34.7. The maximum absolute atomic E-state index is 11.8. The summed E-state index contributed by atoms with van der Waals surface area (Å²) in [5.74, 6) is -1.37. The van der Waals surface area contributed by atoms with E-state index in [1.165, 1.54) is 14.2 Å². The Bertz CT molecular complexity index is 368. The van der Waals surface area contributed by atoms with Gasteiger partial charge in [0.15, 0.2) is 5.41 Å². The quantitative estimate of drug-likeness (QED) is 0.317. The molecule has 0 bridgehead atoms. The molecule has 0 radical (unpaired) electrons. The van der Waals surface area contributed by atoms with Gasteiger partial charge in [-0.3, -0.25) is 9.59 Å². The molecule has 0 N–H and O–H groups in total. The number of hydrogen-bond donors (Lipinski definition) is 0. The second kappa shape index (κ2) is 4.31. The number of allylic oxidation sites excluding steroid dienone is 1. The van der Waals surface area contributed by atoms with Gasteiger partial charge >= 0.3 is 11.9 Å². The van der Waals surface area contributed by atoms with Gasteiger partial charge in [0.2, 0.25) is 0 Å². The SMILES string of the molecule is C=C1CC(C(=O)OC)(C(=O)OC)C[C@]1(C)C=O. The van der Waals surface area contributed by atoms with E-state index >= 15 is 0 Å². The number of aldehydes is 1. The molecule has 17 heavy (non-hydrogen) atoms. The molecular formula is C12H16O5. The average molecular weight is 240 g/mol. The first-order chi connectivity index (χ1) is 7.86. The molecular weight excluding hydrogens is 224 g/mol. The fourth-order valence-corrected chi connectivity index (χ4v) is 2.27. The third-order valence-corrected chi connectivity index (χ3v) is 3.40. The third-order valence-electron chi connectivity index (χ3n) is 3.40. The zero-order valence-corrected chi connectivity index (χ0v) is 10.2. The van der Waals surface area contributed by atoms with Crippen LogP contribution in [0.4, 0.5) is 0 Å². The minimum absolute atomic E-state index is 0.0433. The molecule has 1 fully saturated rings. The van der Waals surface area contributed by atoms with Crippen LogP contribution in [0.5, 0.6) is 0 Å². The van der Waals surface area contributed by atoms with E-state index < -0.39 is 22.8 Å². The van der Waals surface area contributed by atoms with Gasteiger partial charge in [0.05, 0.1) is 14.2 Å². The second-order valence-electron chi connectivity index (χ2n) is 4.56. The predicted molar refractivity (Wildman–Crippen MR) is 59.0 cm³/mol. The first-order valence-corrected chi connectivity index (χ1v) is 5.18. The molecule has 0 spiro atoms. The lowest BCUT2D eigenvalue weighted by Crippen LogP contribution is -2.40. The van der Waals surface area contributed by atoms with Crippen molar-refractivity contribution in [2.75, 3.05) is 14.2 Å². The molecule has 0 heterocycles. The van der Waals surface area contributed by atoms with Gasteiger partial charge in [-0.1, -0.05) is 12.2 Å². The zero-order chi connectivity index (χ0) is 13.3. The highest BCUT2D eigenvalue weighted by Crippen LogP contribution is 2.52. The van der Waals surface area contributed by atoms with Crippen molar-refractivity contribution in [2.45, 2.75) is 19.8 Å². The first kappa shape index (κ1) is 13.4. The summed E-state index contributed by atoms with van der Waals surface area (Å²) in [6.07, 6.45) is 0.840. The highest BCUT2D eigenvalue weighted by atomic mass is 16.5. The van der Waals surface area contributed by atoms with Crippen molar-refractivity contribution in [3.63, 3.8) is 0 Å². The molecule has 5 nitrogen and oxygen atoms in total. The molecule has 1 atom stereocenters. The summed E-state index contributed by atoms with van der Waals surface area (Å²) in [5.41, 5.74) is -1.78. The monoisotopic (exact) mass is 240 g/mol. The number of carbonyl (C=O) groups is 3. The van der Waals surface area contributed by atoms with Gasteiger partial charge in [0.25, 0.3) is 0 Å². The van der Waals surface area contributed by atoms with Gasteiger partial charge in [-0.15, -0.1) is 0 Å². The molecule has 1 aliphatic carbocycles. The van der Waals surface area contributed by atoms with Crippen molar-refractivity contribution in [3.05, 3.63) is 12.2 Å². The summed E-state index contributed by atoms with van der Waals surface area (Å²) in [7, 11) is 2.40. The summed E-state index contributed by atoms with van der Waals surface area (Å²) in [5, 5.41) is 0. The molecule has 0 aromatic heterocycles. The number of esters is 2. The Morgan fingerprint density at radius 2 is 1.76 bits per heavy atom. The van der Waals surface area contributed by atoms with Gasteiger partial charge in [-0.05, 0) is 19.8 Å². The molecule has 0 saturated heterocycles. The summed E-state index contributed by atoms with van der Waals surface area (Å²) in [6, 6.07) is 0. The molecule has 5 heteroatoms. The molecule has 0 aliphatic heterocycles. The normalized spacial score (nSPS) is 26.4. The van der Waals surface area contributed by atoms with Crippen molar-refractivity contribution >= 4 is 18.2 Å². The van der Waals surface area contributed by atoms with Crippen LogP contribution < -0.4 is 0 Å². The van der Waals surface area contributed by atoms with E-state index in [0.29, 0.717) is 11.9 Å². The van der Waals surface area contributed by atoms with Crippen LogP contribution in [0.15, 0.2) is 12.2 Å². The predicted octanol–water partition coefficient (Wildman–Crippen LogP) is 0.874. The summed E-state index contributed by atoms with van der Waals surface area (Å²) < 4.78 is 9.30. The Labute approximate surface area is 99.8 Å². The smallest absolute Gasteiger partial charge is 0.323 e. The number of methoxy groups -OCH3 is 2. The van der Waals surface area contributed by atoms with E-state index in [1.54, 1.807) is 6.92 Å². The average Bonchev–Trinajstić information content (AvgIpc) is 2.61. The minimum Gasteiger partial charge on any atom is -0.468 e. The van der Waals surface area contributed by atoms with Crippen LogP contribution in [0, 0.1) is 10.8 Å². The van der Waals surface area contributed by atoms with Crippen molar-refractivity contribution in [2.24, 2.45) is 10.8 Å². The van der Waals surface area contributed by atoms with Crippen molar-refractivity contribution in [1.82, 2.24) is 0 Å². The lowest BCUT2D eigenvalue weighted by Gasteiger charge is -2.24. The summed E-state index contributed by atoms with van der Waals surface area (Å²) >= 11 is 0. The fourth-order valence-electron chi connectivity index (χ4n) is 2.27. The van der Waals surface area contributed by atoms with E-state index in [-0.39, 0.29) is 12.8 Å². The minimum atomic E-state index is -1.43. The highest BCUT2D eigenvalue weighted by Gasteiger charge is 2.59. The Kier molecular flexibility index (Phi) is 3.40. The van der Waals surface area contributed by atoms with Gasteiger partial charge in [0, 0.05) is 5.41 Å². The molecule has 94 valence electrons. The molecule has 0 aromatic carbocycles. The van der Waals surface area contributed by atoms with Crippen LogP contribution in [-0.2, 0) is 23.9 Å². The van der Waals surface area contributed by atoms with Crippen LogP contribution in [0.2, 0.25) is 0 Å². The topological polar surface area (TPSA) is 69.7 Å². The molecule has 0 amide bonds. The van der Waals surface area contributed by atoms with Gasteiger partial charge in [-0.2, -0.15) is 0 Å². The lowest BCUT2D eigenvalue weighted by molar-refractivity contribution is -0.169. The molecule has 0 unspecified atom stereocenters. The van der Waals surface area contributed by atoms with Crippen molar-refractivity contribution < 1.29 is 23.9 Å². The van der Waals surface area contributed by atoms with Crippen LogP contribution in [0.1, 0.15) is 19.8 Å². The fraction of sp³-hybridized carbons (Fsp3) is 0.583. The first-order valence-electron chi connectivity index (χ1n) is 5.18. The number of carbonyl (C=O) groups excluding carboxylic acids is 3. The van der Waals surface area contributed by atoms with E-state index in [9.17, 15) is 14.4 Å². The maximum atomic E-state index is 11.8. The van der Waals surface area contributed by atoms with Crippen LogP contribution in [0.3, 0.4) is 0 Å². The standard InChI is InChI=1S/C12H16O5/c1-8-5-12(9(14)16-3,10(15)17-4)6-11(8,2)7-13/h7H,1,5-6H2,2-4H3/t11-/m1/s1. The van der Waals surface area contributed by atoms with E-state index in [1.807, 2.05) is 0 Å². The van der Waals surface area contributed by atoms with Crippen LogP contribution in [-0.4, -0.2) is 32.4 Å². The van der Waals surface area contributed by atoms with Crippen LogP contribution >= 0.6 is 0 Å².